The molecule has 0 atom stereocenters. The maximum atomic E-state index is 6.44. The van der Waals surface area contributed by atoms with Gasteiger partial charge in [0, 0.05) is 47.8 Å². The molecule has 0 spiro atoms. The summed E-state index contributed by atoms with van der Waals surface area (Å²) in [6.07, 6.45) is 1.88. The highest BCUT2D eigenvalue weighted by atomic mass is 79.9. The van der Waals surface area contributed by atoms with E-state index in [-0.39, 0.29) is 0 Å². The SMILES string of the molecule is Clc1cc(-c2ccc(N3CCNCC3)nc2)nc2ccc(Br)cc12. The molecule has 0 aliphatic carbocycles. The normalized spacial score (nSPS) is 15.0. The number of hydrogen-bond acceptors (Lipinski definition) is 4. The molecule has 0 amide bonds. The fraction of sp³-hybridized carbons (Fsp3) is 0.222. The first kappa shape index (κ1) is 15.8. The van der Waals surface area contributed by atoms with Crippen molar-refractivity contribution in [1.29, 1.82) is 0 Å². The zero-order valence-electron chi connectivity index (χ0n) is 13.0. The summed E-state index contributed by atoms with van der Waals surface area (Å²) in [7, 11) is 0. The summed E-state index contributed by atoms with van der Waals surface area (Å²) in [5.41, 5.74) is 2.70. The molecule has 0 radical (unpaired) electrons. The summed E-state index contributed by atoms with van der Waals surface area (Å²) < 4.78 is 0.994. The molecule has 2 aromatic heterocycles. The van der Waals surface area contributed by atoms with E-state index in [2.05, 4.69) is 43.3 Å². The third kappa shape index (κ3) is 3.11. The van der Waals surface area contributed by atoms with Gasteiger partial charge in [-0.05, 0) is 36.4 Å². The van der Waals surface area contributed by atoms with Crippen LogP contribution >= 0.6 is 27.5 Å². The van der Waals surface area contributed by atoms with Crippen molar-refractivity contribution in [2.45, 2.75) is 0 Å². The van der Waals surface area contributed by atoms with Gasteiger partial charge in [-0.25, -0.2) is 9.97 Å². The molecule has 122 valence electrons. The first-order chi connectivity index (χ1) is 11.7. The molecule has 4 rings (SSSR count). The minimum atomic E-state index is 0.697. The van der Waals surface area contributed by atoms with E-state index in [1.165, 1.54) is 0 Å². The topological polar surface area (TPSA) is 41.0 Å². The Hall–Kier alpha value is -1.69. The summed E-state index contributed by atoms with van der Waals surface area (Å²) in [5, 5.41) is 4.99. The summed E-state index contributed by atoms with van der Waals surface area (Å²) in [6.45, 7) is 3.98. The number of halogens is 2. The van der Waals surface area contributed by atoms with Crippen LogP contribution in [-0.4, -0.2) is 36.1 Å². The molecule has 1 aliphatic heterocycles. The second-order valence-corrected chi connectivity index (χ2v) is 7.12. The van der Waals surface area contributed by atoms with Gasteiger partial charge in [0.05, 0.1) is 16.2 Å². The van der Waals surface area contributed by atoms with E-state index in [1.807, 2.05) is 30.5 Å². The lowest BCUT2D eigenvalue weighted by molar-refractivity contribution is 0.585. The van der Waals surface area contributed by atoms with Crippen LogP contribution in [0.3, 0.4) is 0 Å². The smallest absolute Gasteiger partial charge is 0.128 e. The highest BCUT2D eigenvalue weighted by Crippen LogP contribution is 2.30. The molecule has 6 heteroatoms. The first-order valence-electron chi connectivity index (χ1n) is 7.88. The van der Waals surface area contributed by atoms with Gasteiger partial charge in [0.15, 0.2) is 0 Å². The molecular weight excluding hydrogens is 388 g/mol. The molecule has 3 heterocycles. The van der Waals surface area contributed by atoms with Gasteiger partial charge < -0.3 is 10.2 Å². The third-order valence-corrected chi connectivity index (χ3v) is 5.01. The summed E-state index contributed by atoms with van der Waals surface area (Å²) in [4.78, 5) is 11.6. The van der Waals surface area contributed by atoms with Gasteiger partial charge in [-0.15, -0.1) is 0 Å². The molecular formula is C18H16BrClN4. The molecule has 1 aliphatic rings. The Balaban J connectivity index is 1.68. The van der Waals surface area contributed by atoms with Crippen molar-refractivity contribution in [3.8, 4) is 11.3 Å². The van der Waals surface area contributed by atoms with Gasteiger partial charge in [0.25, 0.3) is 0 Å². The van der Waals surface area contributed by atoms with Crippen molar-refractivity contribution in [1.82, 2.24) is 15.3 Å². The average molecular weight is 404 g/mol. The first-order valence-corrected chi connectivity index (χ1v) is 9.06. The zero-order valence-corrected chi connectivity index (χ0v) is 15.3. The monoisotopic (exact) mass is 402 g/mol. The number of piperazine rings is 1. The zero-order chi connectivity index (χ0) is 16.5. The Morgan fingerprint density at radius 2 is 1.92 bits per heavy atom. The van der Waals surface area contributed by atoms with E-state index in [4.69, 9.17) is 16.6 Å². The molecule has 1 saturated heterocycles. The molecule has 1 N–H and O–H groups in total. The second-order valence-electron chi connectivity index (χ2n) is 5.79. The predicted octanol–water partition coefficient (Wildman–Crippen LogP) is 4.12. The number of hydrogen-bond donors (Lipinski definition) is 1. The van der Waals surface area contributed by atoms with Crippen molar-refractivity contribution in [3.63, 3.8) is 0 Å². The quantitative estimate of drug-likeness (QED) is 0.699. The van der Waals surface area contributed by atoms with Gasteiger partial charge in [-0.2, -0.15) is 0 Å². The number of aromatic nitrogens is 2. The van der Waals surface area contributed by atoms with Crippen molar-refractivity contribution < 1.29 is 0 Å². The number of rotatable bonds is 2. The lowest BCUT2D eigenvalue weighted by atomic mass is 10.1. The van der Waals surface area contributed by atoms with Gasteiger partial charge in [0.1, 0.15) is 5.82 Å². The van der Waals surface area contributed by atoms with Crippen LogP contribution in [0, 0.1) is 0 Å². The summed E-state index contributed by atoms with van der Waals surface area (Å²) in [6, 6.07) is 12.0. The Kier molecular flexibility index (Phi) is 4.39. The molecule has 0 bridgehead atoms. The minimum absolute atomic E-state index is 0.697. The van der Waals surface area contributed by atoms with Gasteiger partial charge in [0.2, 0.25) is 0 Å². The van der Waals surface area contributed by atoms with E-state index in [0.29, 0.717) is 5.02 Å². The van der Waals surface area contributed by atoms with E-state index in [1.54, 1.807) is 0 Å². The van der Waals surface area contributed by atoms with E-state index >= 15 is 0 Å². The molecule has 24 heavy (non-hydrogen) atoms. The van der Waals surface area contributed by atoms with Crippen molar-refractivity contribution in [2.75, 3.05) is 31.1 Å². The van der Waals surface area contributed by atoms with Crippen molar-refractivity contribution in [3.05, 3.63) is 52.1 Å². The van der Waals surface area contributed by atoms with Gasteiger partial charge in [-0.1, -0.05) is 27.5 Å². The Bertz CT molecular complexity index is 876. The van der Waals surface area contributed by atoms with E-state index in [0.717, 1.165) is 58.6 Å². The van der Waals surface area contributed by atoms with Crippen LogP contribution in [0.5, 0.6) is 0 Å². The summed E-state index contributed by atoms with van der Waals surface area (Å²) in [5.74, 6) is 1.01. The van der Waals surface area contributed by atoms with Crippen LogP contribution < -0.4 is 10.2 Å². The Labute approximate surface area is 154 Å². The lowest BCUT2D eigenvalue weighted by Crippen LogP contribution is -2.43. The van der Waals surface area contributed by atoms with Crippen LogP contribution in [0.4, 0.5) is 5.82 Å². The lowest BCUT2D eigenvalue weighted by Gasteiger charge is -2.28. The highest BCUT2D eigenvalue weighted by Gasteiger charge is 2.12. The number of fused-ring (bicyclic) bond motifs is 1. The van der Waals surface area contributed by atoms with Crippen molar-refractivity contribution >= 4 is 44.3 Å². The third-order valence-electron chi connectivity index (χ3n) is 4.20. The maximum absolute atomic E-state index is 6.44. The second kappa shape index (κ2) is 6.67. The molecule has 1 fully saturated rings. The van der Waals surface area contributed by atoms with Gasteiger partial charge >= 0.3 is 0 Å². The average Bonchev–Trinajstić information content (AvgIpc) is 2.63. The molecule has 3 aromatic rings. The van der Waals surface area contributed by atoms with Crippen molar-refractivity contribution in [2.24, 2.45) is 0 Å². The Morgan fingerprint density at radius 1 is 1.08 bits per heavy atom. The number of nitrogens with zero attached hydrogens (tertiary/aromatic N) is 3. The van der Waals surface area contributed by atoms with Crippen LogP contribution in [0.25, 0.3) is 22.2 Å². The van der Waals surface area contributed by atoms with Crippen LogP contribution in [0.1, 0.15) is 0 Å². The molecule has 1 aromatic carbocycles. The van der Waals surface area contributed by atoms with Crippen LogP contribution in [0.15, 0.2) is 47.1 Å². The summed E-state index contributed by atoms with van der Waals surface area (Å²) >= 11 is 9.91. The minimum Gasteiger partial charge on any atom is -0.354 e. The Morgan fingerprint density at radius 3 is 2.67 bits per heavy atom. The van der Waals surface area contributed by atoms with Crippen LogP contribution in [-0.2, 0) is 0 Å². The fourth-order valence-electron chi connectivity index (χ4n) is 2.92. The largest absolute Gasteiger partial charge is 0.354 e. The number of nitrogens with one attached hydrogen (secondary N) is 1. The number of benzene rings is 1. The van der Waals surface area contributed by atoms with Crippen LogP contribution in [0.2, 0.25) is 5.02 Å². The fourth-order valence-corrected chi connectivity index (χ4v) is 3.54. The molecule has 4 nitrogen and oxygen atoms in total. The predicted molar refractivity (Wildman–Crippen MR) is 103 cm³/mol. The molecule has 0 unspecified atom stereocenters. The standard InChI is InChI=1S/C18H16BrClN4/c19-13-2-3-16-14(9-13)15(20)10-17(23-16)12-1-4-18(22-11-12)24-7-5-21-6-8-24/h1-4,9-11,21H,5-8H2. The number of anilines is 1. The van der Waals surface area contributed by atoms with E-state index < -0.39 is 0 Å². The maximum Gasteiger partial charge on any atom is 0.128 e. The van der Waals surface area contributed by atoms with E-state index in [9.17, 15) is 0 Å². The molecule has 0 saturated carbocycles. The number of pyridine rings is 2. The van der Waals surface area contributed by atoms with Gasteiger partial charge in [-0.3, -0.25) is 0 Å². The highest BCUT2D eigenvalue weighted by molar-refractivity contribution is 9.10.